The number of hydrogen-bond donors (Lipinski definition) is 6. The highest BCUT2D eigenvalue weighted by Gasteiger charge is 2.27. The fraction of sp³-hybridized carbons (Fsp3) is 0.333. The van der Waals surface area contributed by atoms with Crippen LogP contribution in [0.25, 0.3) is 0 Å². The Morgan fingerprint density at radius 3 is 2.16 bits per heavy atom. The number of benzene rings is 1. The highest BCUT2D eigenvalue weighted by atomic mass is 32.1. The average Bonchev–Trinajstić information content (AvgIpc) is 2.54. The van der Waals surface area contributed by atoms with E-state index >= 15 is 0 Å². The number of primary amides is 1. The standard InChI is InChI=1S/C15H19N3O6S/c16-14(23)10(6-13(21)22)18-15(24)11(17-12(20)7-25)5-8-1-3-9(19)4-2-8/h1-4,10-11,19,25H,5-7H2,(H2,16,23)(H,17,20)(H,18,24)(H,21,22)/t10-,11-/m0/s1. The third-order valence-electron chi connectivity index (χ3n) is 3.21. The van der Waals surface area contributed by atoms with E-state index in [0.29, 0.717) is 5.56 Å². The second-order valence-corrected chi connectivity index (χ2v) is 5.53. The van der Waals surface area contributed by atoms with Crippen LogP contribution >= 0.6 is 12.6 Å². The number of phenolic OH excluding ortho intramolecular Hbond substituents is 1. The van der Waals surface area contributed by atoms with Gasteiger partial charge in [-0.2, -0.15) is 12.6 Å². The van der Waals surface area contributed by atoms with E-state index in [9.17, 15) is 24.3 Å². The molecule has 0 saturated carbocycles. The minimum Gasteiger partial charge on any atom is -0.508 e. The summed E-state index contributed by atoms with van der Waals surface area (Å²) in [5.74, 6) is -3.70. The van der Waals surface area contributed by atoms with E-state index in [1.807, 2.05) is 0 Å². The molecule has 6 N–H and O–H groups in total. The van der Waals surface area contributed by atoms with Gasteiger partial charge < -0.3 is 26.6 Å². The minimum atomic E-state index is -1.40. The first kappa shape index (κ1) is 20.3. The molecule has 1 aromatic carbocycles. The molecule has 136 valence electrons. The Hall–Kier alpha value is -2.75. The van der Waals surface area contributed by atoms with Crippen LogP contribution in [0.3, 0.4) is 0 Å². The third-order valence-corrected chi connectivity index (χ3v) is 3.50. The average molecular weight is 369 g/mol. The van der Waals surface area contributed by atoms with Gasteiger partial charge in [0.05, 0.1) is 12.2 Å². The summed E-state index contributed by atoms with van der Waals surface area (Å²) in [7, 11) is 0. The van der Waals surface area contributed by atoms with Crippen LogP contribution in [-0.4, -0.2) is 51.7 Å². The van der Waals surface area contributed by atoms with Crippen LogP contribution in [0.2, 0.25) is 0 Å². The fourth-order valence-corrected chi connectivity index (χ4v) is 2.08. The van der Waals surface area contributed by atoms with Crippen LogP contribution in [0.5, 0.6) is 5.75 Å². The number of amides is 3. The molecule has 1 aromatic rings. The topological polar surface area (TPSA) is 159 Å². The van der Waals surface area contributed by atoms with Crippen LogP contribution in [0.15, 0.2) is 24.3 Å². The predicted molar refractivity (Wildman–Crippen MR) is 91.0 cm³/mol. The molecule has 0 heterocycles. The van der Waals surface area contributed by atoms with E-state index < -0.39 is 42.2 Å². The zero-order valence-corrected chi connectivity index (χ0v) is 14.0. The Balaban J connectivity index is 2.90. The molecule has 10 heteroatoms. The summed E-state index contributed by atoms with van der Waals surface area (Å²) in [6.45, 7) is 0. The van der Waals surface area contributed by atoms with Gasteiger partial charge in [0, 0.05) is 6.42 Å². The van der Waals surface area contributed by atoms with Gasteiger partial charge in [0.1, 0.15) is 17.8 Å². The van der Waals surface area contributed by atoms with Crippen molar-refractivity contribution in [3.63, 3.8) is 0 Å². The molecule has 0 unspecified atom stereocenters. The molecule has 0 aromatic heterocycles. The molecule has 1 rings (SSSR count). The number of carbonyl (C=O) groups is 4. The second kappa shape index (κ2) is 9.52. The molecule has 2 atom stereocenters. The molecule has 0 radical (unpaired) electrons. The molecular formula is C15H19N3O6S. The minimum absolute atomic E-state index is 0.0411. The molecule has 0 aliphatic heterocycles. The van der Waals surface area contributed by atoms with Gasteiger partial charge in [-0.3, -0.25) is 19.2 Å². The van der Waals surface area contributed by atoms with Crippen LogP contribution in [0.4, 0.5) is 0 Å². The van der Waals surface area contributed by atoms with Gasteiger partial charge in [-0.1, -0.05) is 12.1 Å². The van der Waals surface area contributed by atoms with Gasteiger partial charge in [0.2, 0.25) is 17.7 Å². The number of carbonyl (C=O) groups excluding carboxylic acids is 3. The molecular weight excluding hydrogens is 350 g/mol. The number of hydrogen-bond acceptors (Lipinski definition) is 6. The Labute approximate surface area is 149 Å². The molecule has 0 spiro atoms. The van der Waals surface area contributed by atoms with E-state index in [-0.39, 0.29) is 17.9 Å². The van der Waals surface area contributed by atoms with Gasteiger partial charge in [0.15, 0.2) is 0 Å². The van der Waals surface area contributed by atoms with E-state index in [0.717, 1.165) is 0 Å². The lowest BCUT2D eigenvalue weighted by Gasteiger charge is -2.21. The van der Waals surface area contributed by atoms with E-state index in [4.69, 9.17) is 10.8 Å². The van der Waals surface area contributed by atoms with Crippen LogP contribution in [-0.2, 0) is 25.6 Å². The normalized spacial score (nSPS) is 12.7. The number of aromatic hydroxyl groups is 1. The number of aliphatic carboxylic acids is 1. The van der Waals surface area contributed by atoms with E-state index in [2.05, 4.69) is 23.3 Å². The van der Waals surface area contributed by atoms with Crippen molar-refractivity contribution in [1.82, 2.24) is 10.6 Å². The van der Waals surface area contributed by atoms with Crippen molar-refractivity contribution in [2.75, 3.05) is 5.75 Å². The zero-order valence-electron chi connectivity index (χ0n) is 13.1. The van der Waals surface area contributed by atoms with Crippen molar-refractivity contribution in [3.8, 4) is 5.75 Å². The number of carboxylic acids is 1. The number of thiol groups is 1. The fourth-order valence-electron chi connectivity index (χ4n) is 1.99. The Bertz CT molecular complexity index is 649. The van der Waals surface area contributed by atoms with Crippen molar-refractivity contribution in [2.24, 2.45) is 5.73 Å². The number of nitrogens with one attached hydrogen (secondary N) is 2. The molecule has 9 nitrogen and oxygen atoms in total. The quantitative estimate of drug-likeness (QED) is 0.300. The van der Waals surface area contributed by atoms with Crippen LogP contribution in [0, 0.1) is 0 Å². The summed E-state index contributed by atoms with van der Waals surface area (Å²) in [6.07, 6.45) is -0.613. The summed E-state index contributed by atoms with van der Waals surface area (Å²) in [4.78, 5) is 46.0. The SMILES string of the molecule is NC(=O)[C@H](CC(=O)O)NC(=O)[C@H](Cc1ccc(O)cc1)NC(=O)CS. The Kier molecular flexibility index (Phi) is 7.73. The maximum absolute atomic E-state index is 12.4. The van der Waals surface area contributed by atoms with Crippen molar-refractivity contribution in [1.29, 1.82) is 0 Å². The number of carboxylic acid groups (broad SMARTS) is 1. The van der Waals surface area contributed by atoms with Crippen molar-refractivity contribution in [3.05, 3.63) is 29.8 Å². The van der Waals surface area contributed by atoms with Gasteiger partial charge in [-0.15, -0.1) is 0 Å². The Morgan fingerprint density at radius 2 is 1.68 bits per heavy atom. The summed E-state index contributed by atoms with van der Waals surface area (Å²) < 4.78 is 0. The predicted octanol–water partition coefficient (Wildman–Crippen LogP) is -1.21. The summed E-state index contributed by atoms with van der Waals surface area (Å²) in [5, 5.41) is 22.7. The lowest BCUT2D eigenvalue weighted by molar-refractivity contribution is -0.140. The molecule has 0 aliphatic rings. The third kappa shape index (κ3) is 7.12. The zero-order chi connectivity index (χ0) is 19.0. The molecule has 0 saturated heterocycles. The first-order chi connectivity index (χ1) is 11.7. The lowest BCUT2D eigenvalue weighted by Crippen LogP contribution is -2.54. The first-order valence-corrected chi connectivity index (χ1v) is 7.85. The van der Waals surface area contributed by atoms with Crippen molar-refractivity contribution >= 4 is 36.3 Å². The van der Waals surface area contributed by atoms with Gasteiger partial charge in [0.25, 0.3) is 0 Å². The van der Waals surface area contributed by atoms with Crippen LogP contribution < -0.4 is 16.4 Å². The molecule has 0 fully saturated rings. The molecule has 3 amide bonds. The summed E-state index contributed by atoms with van der Waals surface area (Å²) in [6, 6.07) is 3.49. The maximum atomic E-state index is 12.4. The highest BCUT2D eigenvalue weighted by Crippen LogP contribution is 2.11. The Morgan fingerprint density at radius 1 is 1.08 bits per heavy atom. The first-order valence-electron chi connectivity index (χ1n) is 7.22. The molecule has 0 aliphatic carbocycles. The number of rotatable bonds is 9. The summed E-state index contributed by atoms with van der Waals surface area (Å²) >= 11 is 3.82. The van der Waals surface area contributed by atoms with E-state index in [1.54, 1.807) is 12.1 Å². The van der Waals surface area contributed by atoms with Gasteiger partial charge >= 0.3 is 5.97 Å². The van der Waals surface area contributed by atoms with Crippen molar-refractivity contribution in [2.45, 2.75) is 24.9 Å². The van der Waals surface area contributed by atoms with Crippen LogP contribution in [0.1, 0.15) is 12.0 Å². The monoisotopic (exact) mass is 369 g/mol. The maximum Gasteiger partial charge on any atom is 0.305 e. The second-order valence-electron chi connectivity index (χ2n) is 5.21. The van der Waals surface area contributed by atoms with E-state index in [1.165, 1.54) is 12.1 Å². The number of nitrogens with two attached hydrogens (primary N) is 1. The highest BCUT2D eigenvalue weighted by molar-refractivity contribution is 7.81. The smallest absolute Gasteiger partial charge is 0.305 e. The van der Waals surface area contributed by atoms with Gasteiger partial charge in [-0.05, 0) is 17.7 Å². The summed E-state index contributed by atoms with van der Waals surface area (Å²) in [5.41, 5.74) is 5.72. The van der Waals surface area contributed by atoms with Crippen molar-refractivity contribution < 1.29 is 29.4 Å². The van der Waals surface area contributed by atoms with Gasteiger partial charge in [-0.25, -0.2) is 0 Å². The molecule has 25 heavy (non-hydrogen) atoms. The molecule has 0 bridgehead atoms. The lowest BCUT2D eigenvalue weighted by atomic mass is 10.0. The number of phenols is 1. The largest absolute Gasteiger partial charge is 0.508 e.